The Kier molecular flexibility index (Phi) is 5.73. The zero-order valence-electron chi connectivity index (χ0n) is 14.7. The number of amides is 1. The van der Waals surface area contributed by atoms with Crippen LogP contribution >= 0.6 is 15.9 Å². The van der Waals surface area contributed by atoms with Crippen molar-refractivity contribution in [3.63, 3.8) is 0 Å². The Bertz CT molecular complexity index is 904. The van der Waals surface area contributed by atoms with Crippen molar-refractivity contribution < 1.29 is 9.53 Å². The van der Waals surface area contributed by atoms with Gasteiger partial charge >= 0.3 is 0 Å². The lowest BCUT2D eigenvalue weighted by molar-refractivity contribution is 0.102. The third kappa shape index (κ3) is 4.14. The predicted octanol–water partition coefficient (Wildman–Crippen LogP) is 4.52. The molecular weight excluding hydrogens is 394 g/mol. The number of aryl methyl sites for hydroxylation is 1. The van der Waals surface area contributed by atoms with Crippen molar-refractivity contribution in [3.8, 4) is 5.75 Å². The summed E-state index contributed by atoms with van der Waals surface area (Å²) >= 11 is 3.41. The number of nitrogens with zero attached hydrogens (tertiary/aromatic N) is 2. The van der Waals surface area contributed by atoms with Crippen molar-refractivity contribution >= 4 is 27.7 Å². The van der Waals surface area contributed by atoms with Crippen LogP contribution in [0.5, 0.6) is 5.75 Å². The predicted molar refractivity (Wildman–Crippen MR) is 106 cm³/mol. The smallest absolute Gasteiger partial charge is 0.258 e. The lowest BCUT2D eigenvalue weighted by Gasteiger charge is -2.11. The summed E-state index contributed by atoms with van der Waals surface area (Å²) in [6.45, 7) is 2.72. The van der Waals surface area contributed by atoms with Gasteiger partial charge in [-0.3, -0.25) is 4.79 Å². The van der Waals surface area contributed by atoms with Gasteiger partial charge in [-0.1, -0.05) is 31.2 Å². The van der Waals surface area contributed by atoms with Crippen molar-refractivity contribution in [1.29, 1.82) is 0 Å². The van der Waals surface area contributed by atoms with Crippen molar-refractivity contribution in [2.24, 2.45) is 0 Å². The van der Waals surface area contributed by atoms with Crippen molar-refractivity contribution in [2.45, 2.75) is 19.9 Å². The van der Waals surface area contributed by atoms with E-state index in [4.69, 9.17) is 4.74 Å². The van der Waals surface area contributed by atoms with Gasteiger partial charge in [-0.05, 0) is 51.7 Å². The number of hydrogen-bond donors (Lipinski definition) is 1. The molecule has 5 nitrogen and oxygen atoms in total. The molecule has 0 aliphatic rings. The Morgan fingerprint density at radius 2 is 1.88 bits per heavy atom. The molecule has 0 atom stereocenters. The van der Waals surface area contributed by atoms with Gasteiger partial charge in [-0.25, -0.2) is 4.68 Å². The third-order valence-corrected chi connectivity index (χ3v) is 4.83. The van der Waals surface area contributed by atoms with Crippen LogP contribution in [0.15, 0.2) is 59.2 Å². The Hall–Kier alpha value is -2.60. The van der Waals surface area contributed by atoms with Gasteiger partial charge in [-0.2, -0.15) is 5.10 Å². The first-order valence-corrected chi connectivity index (χ1v) is 9.14. The van der Waals surface area contributed by atoms with Crippen molar-refractivity contribution in [2.75, 3.05) is 12.4 Å². The quantitative estimate of drug-likeness (QED) is 0.646. The number of nitrogens with one attached hydrogen (secondary N) is 1. The fourth-order valence-electron chi connectivity index (χ4n) is 2.61. The first kappa shape index (κ1) is 18.2. The summed E-state index contributed by atoms with van der Waals surface area (Å²) < 4.78 is 7.67. The number of carbonyl (C=O) groups is 1. The molecule has 0 aliphatic heterocycles. The Labute approximate surface area is 161 Å². The number of aromatic nitrogens is 2. The van der Waals surface area contributed by atoms with Crippen LogP contribution in [0.1, 0.15) is 28.4 Å². The highest BCUT2D eigenvalue weighted by molar-refractivity contribution is 9.10. The minimum atomic E-state index is -0.223. The second kappa shape index (κ2) is 8.19. The molecule has 0 unspecified atom stereocenters. The molecule has 0 saturated carbocycles. The van der Waals surface area contributed by atoms with Crippen LogP contribution < -0.4 is 10.1 Å². The minimum Gasteiger partial charge on any atom is -0.497 e. The summed E-state index contributed by atoms with van der Waals surface area (Å²) in [6, 6.07) is 15.5. The van der Waals surface area contributed by atoms with Gasteiger partial charge in [0.2, 0.25) is 0 Å². The van der Waals surface area contributed by atoms with Crippen LogP contribution in [0.4, 0.5) is 5.82 Å². The standard InChI is InChI=1S/C20H20BrN3O2/c1-3-14-4-6-15(7-5-14)13-24-19(10-11-22-24)23-20(25)17-12-16(26-2)8-9-18(17)21/h4-12H,3,13H2,1-2H3,(H,23,25). The maximum absolute atomic E-state index is 12.7. The zero-order valence-corrected chi connectivity index (χ0v) is 16.3. The number of anilines is 1. The number of rotatable bonds is 6. The van der Waals surface area contributed by atoms with E-state index in [2.05, 4.69) is 57.5 Å². The van der Waals surface area contributed by atoms with E-state index in [0.717, 1.165) is 12.0 Å². The fraction of sp³-hybridized carbons (Fsp3) is 0.200. The molecule has 1 amide bonds. The molecule has 0 aliphatic carbocycles. The van der Waals surface area contributed by atoms with E-state index in [1.165, 1.54) is 5.56 Å². The molecule has 3 rings (SSSR count). The molecule has 1 N–H and O–H groups in total. The number of benzene rings is 2. The van der Waals surface area contributed by atoms with Gasteiger partial charge in [-0.15, -0.1) is 0 Å². The fourth-order valence-corrected chi connectivity index (χ4v) is 3.03. The average molecular weight is 414 g/mol. The topological polar surface area (TPSA) is 56.2 Å². The normalized spacial score (nSPS) is 10.6. The van der Waals surface area contributed by atoms with E-state index in [-0.39, 0.29) is 5.91 Å². The van der Waals surface area contributed by atoms with Crippen LogP contribution in [0.3, 0.4) is 0 Å². The summed E-state index contributed by atoms with van der Waals surface area (Å²) in [5.74, 6) is 1.05. The van der Waals surface area contributed by atoms with Gasteiger partial charge in [0.25, 0.3) is 5.91 Å². The molecule has 134 valence electrons. The van der Waals surface area contributed by atoms with E-state index >= 15 is 0 Å². The molecule has 3 aromatic rings. The molecule has 1 aromatic heterocycles. The van der Waals surface area contributed by atoms with Crippen molar-refractivity contribution in [1.82, 2.24) is 9.78 Å². The molecular formula is C20H20BrN3O2. The second-order valence-electron chi connectivity index (χ2n) is 5.84. The maximum Gasteiger partial charge on any atom is 0.258 e. The molecule has 26 heavy (non-hydrogen) atoms. The average Bonchev–Trinajstić information content (AvgIpc) is 3.09. The molecule has 0 saturated heterocycles. The van der Waals surface area contributed by atoms with Gasteiger partial charge in [0.1, 0.15) is 11.6 Å². The van der Waals surface area contributed by atoms with Crippen LogP contribution in [0.2, 0.25) is 0 Å². The summed E-state index contributed by atoms with van der Waals surface area (Å²) in [6.07, 6.45) is 2.69. The summed E-state index contributed by atoms with van der Waals surface area (Å²) in [4.78, 5) is 12.7. The highest BCUT2D eigenvalue weighted by Gasteiger charge is 2.14. The summed E-state index contributed by atoms with van der Waals surface area (Å²) in [5.41, 5.74) is 2.93. The SMILES string of the molecule is CCc1ccc(Cn2nccc2NC(=O)c2cc(OC)ccc2Br)cc1. The molecule has 1 heterocycles. The van der Waals surface area contributed by atoms with Crippen LogP contribution in [0, 0.1) is 0 Å². The Balaban J connectivity index is 1.77. The minimum absolute atomic E-state index is 0.223. The zero-order chi connectivity index (χ0) is 18.5. The summed E-state index contributed by atoms with van der Waals surface area (Å²) in [5, 5.41) is 7.24. The van der Waals surface area contributed by atoms with E-state index in [1.807, 2.05) is 0 Å². The number of carbonyl (C=O) groups excluding carboxylic acids is 1. The van der Waals surface area contributed by atoms with Gasteiger partial charge < -0.3 is 10.1 Å². The number of halogens is 1. The van der Waals surface area contributed by atoms with E-state index < -0.39 is 0 Å². The second-order valence-corrected chi connectivity index (χ2v) is 6.70. The molecule has 0 fully saturated rings. The monoisotopic (exact) mass is 413 g/mol. The lowest BCUT2D eigenvalue weighted by atomic mass is 10.1. The van der Waals surface area contributed by atoms with Crippen LogP contribution in [-0.2, 0) is 13.0 Å². The molecule has 0 bridgehead atoms. The highest BCUT2D eigenvalue weighted by atomic mass is 79.9. The first-order chi connectivity index (χ1) is 12.6. The number of methoxy groups -OCH3 is 1. The van der Waals surface area contributed by atoms with Crippen LogP contribution in [0.25, 0.3) is 0 Å². The number of hydrogen-bond acceptors (Lipinski definition) is 3. The lowest BCUT2D eigenvalue weighted by Crippen LogP contribution is -2.16. The molecule has 0 spiro atoms. The van der Waals surface area contributed by atoms with E-state index in [9.17, 15) is 4.79 Å². The maximum atomic E-state index is 12.7. The van der Waals surface area contributed by atoms with Gasteiger partial charge in [0, 0.05) is 10.5 Å². The Morgan fingerprint density at radius 3 is 2.58 bits per heavy atom. The highest BCUT2D eigenvalue weighted by Crippen LogP contribution is 2.23. The van der Waals surface area contributed by atoms with Gasteiger partial charge in [0.15, 0.2) is 0 Å². The van der Waals surface area contributed by atoms with Crippen molar-refractivity contribution in [3.05, 3.63) is 75.9 Å². The summed E-state index contributed by atoms with van der Waals surface area (Å²) in [7, 11) is 1.57. The van der Waals surface area contributed by atoms with Gasteiger partial charge in [0.05, 0.1) is 25.4 Å². The first-order valence-electron chi connectivity index (χ1n) is 8.35. The molecule has 0 radical (unpaired) electrons. The third-order valence-electron chi connectivity index (χ3n) is 4.14. The molecule has 2 aromatic carbocycles. The molecule has 6 heteroatoms. The van der Waals surface area contributed by atoms with Crippen LogP contribution in [-0.4, -0.2) is 22.8 Å². The van der Waals surface area contributed by atoms with E-state index in [1.54, 1.807) is 42.3 Å². The number of ether oxygens (including phenoxy) is 1. The largest absolute Gasteiger partial charge is 0.497 e. The van der Waals surface area contributed by atoms with E-state index in [0.29, 0.717) is 28.1 Å². The Morgan fingerprint density at radius 1 is 1.15 bits per heavy atom.